The van der Waals surface area contributed by atoms with E-state index in [1.165, 1.54) is 4.44 Å². The van der Waals surface area contributed by atoms with E-state index in [-0.39, 0.29) is 0 Å². The van der Waals surface area contributed by atoms with Gasteiger partial charge in [0, 0.05) is 0 Å². The van der Waals surface area contributed by atoms with Crippen molar-refractivity contribution in [3.63, 3.8) is 0 Å². The average Bonchev–Trinajstić information content (AvgIpc) is 2.40. The number of carbonyl (C=O) groups is 3. The van der Waals surface area contributed by atoms with Crippen molar-refractivity contribution in [3.05, 3.63) is 50.6 Å². The van der Waals surface area contributed by atoms with Crippen molar-refractivity contribution < 1.29 is 29.7 Å². The van der Waals surface area contributed by atoms with Crippen molar-refractivity contribution in [2.45, 2.75) is 4.44 Å². The van der Waals surface area contributed by atoms with Gasteiger partial charge in [-0.25, -0.2) is 0 Å². The monoisotopic (exact) mass is 374 g/mol. The van der Waals surface area contributed by atoms with Gasteiger partial charge in [0.15, 0.2) is 0 Å². The van der Waals surface area contributed by atoms with Crippen molar-refractivity contribution in [2.24, 2.45) is 0 Å². The van der Waals surface area contributed by atoms with Gasteiger partial charge >= 0.3 is 39.6 Å². The Morgan fingerprint density at radius 1 is 0.789 bits per heavy atom. The summed E-state index contributed by atoms with van der Waals surface area (Å²) in [5.41, 5.74) is 0. The van der Waals surface area contributed by atoms with Crippen molar-refractivity contribution in [2.75, 3.05) is 0 Å². The van der Waals surface area contributed by atoms with Gasteiger partial charge in [0.05, 0.1) is 17.9 Å². The number of hydrogen-bond donors (Lipinski definition) is 0. The van der Waals surface area contributed by atoms with Crippen LogP contribution in [-0.2, 0) is 14.4 Å². The minimum atomic E-state index is -1.23. The summed E-state index contributed by atoms with van der Waals surface area (Å²) in [4.78, 5) is 27.4. The quantitative estimate of drug-likeness (QED) is 0.306. The SMILES string of the molecule is C=CC(=O)[O-].C=CC(=O)[O-].C=CC(=O)[O-].C=C[CH2][Sn+3]. The molecule has 0 aliphatic rings. The molecule has 0 aromatic heterocycles. The number of carbonyl (C=O) groups excluding carboxylic acids is 3. The molecule has 0 bridgehead atoms. The molecule has 7 heteroatoms. The molecule has 0 saturated heterocycles. The Morgan fingerprint density at radius 3 is 0.895 bits per heavy atom. The Kier molecular flexibility index (Phi) is 34.2. The van der Waals surface area contributed by atoms with Crippen LogP contribution in [0.5, 0.6) is 0 Å². The molecule has 0 heterocycles. The molecule has 6 nitrogen and oxygen atoms in total. The number of hydrogen-bond acceptors (Lipinski definition) is 6. The normalized spacial score (nSPS) is 6.42. The van der Waals surface area contributed by atoms with Crippen LogP contribution < -0.4 is 15.3 Å². The fraction of sp³-hybridized carbons (Fsp3) is 0.0833. The molecular weight excluding hydrogens is 359 g/mol. The van der Waals surface area contributed by atoms with E-state index in [9.17, 15) is 0 Å². The molecule has 0 aliphatic heterocycles. The molecular formula is C12H14O6Sn. The molecule has 0 aromatic rings. The molecule has 0 fully saturated rings. The Balaban J connectivity index is -0.0000000793. The predicted molar refractivity (Wildman–Crippen MR) is 66.4 cm³/mol. The molecule has 102 valence electrons. The zero-order valence-electron chi connectivity index (χ0n) is 10.3. The predicted octanol–water partition coefficient (Wildman–Crippen LogP) is -2.47. The molecule has 0 N–H and O–H groups in total. The summed E-state index contributed by atoms with van der Waals surface area (Å²) in [6.07, 6.45) is 4.08. The van der Waals surface area contributed by atoms with Gasteiger partial charge in [-0.2, -0.15) is 0 Å². The first-order valence-electron chi connectivity index (χ1n) is 4.49. The summed E-state index contributed by atoms with van der Waals surface area (Å²) in [5.74, 6) is -3.69. The van der Waals surface area contributed by atoms with E-state index in [2.05, 4.69) is 26.3 Å². The van der Waals surface area contributed by atoms with Crippen molar-refractivity contribution in [3.8, 4) is 0 Å². The maximum absolute atomic E-state index is 9.14. The summed E-state index contributed by atoms with van der Waals surface area (Å²) in [6.45, 7) is 12.2. The number of aliphatic carboxylic acids is 3. The van der Waals surface area contributed by atoms with E-state index < -0.39 is 17.9 Å². The first kappa shape index (κ1) is 25.9. The van der Waals surface area contributed by atoms with Gasteiger partial charge in [0.1, 0.15) is 0 Å². The molecule has 0 aliphatic carbocycles. The molecule has 19 heavy (non-hydrogen) atoms. The van der Waals surface area contributed by atoms with Crippen LogP contribution in [0.4, 0.5) is 0 Å². The van der Waals surface area contributed by atoms with Crippen LogP contribution in [-0.4, -0.2) is 40.4 Å². The van der Waals surface area contributed by atoms with Crippen LogP contribution >= 0.6 is 0 Å². The summed E-state index contributed by atoms with van der Waals surface area (Å²) in [7, 11) is 0. The molecule has 0 atom stereocenters. The van der Waals surface area contributed by atoms with Gasteiger partial charge < -0.3 is 29.7 Å². The Morgan fingerprint density at radius 2 is 0.895 bits per heavy atom. The van der Waals surface area contributed by atoms with Crippen LogP contribution in [0.25, 0.3) is 0 Å². The van der Waals surface area contributed by atoms with E-state index in [1.54, 1.807) is 22.5 Å². The van der Waals surface area contributed by atoms with E-state index >= 15 is 0 Å². The van der Waals surface area contributed by atoms with E-state index in [0.29, 0.717) is 0 Å². The van der Waals surface area contributed by atoms with E-state index in [4.69, 9.17) is 29.7 Å². The summed E-state index contributed by atoms with van der Waals surface area (Å²) in [6, 6.07) is 0. The molecule has 0 rings (SSSR count). The second-order valence-electron chi connectivity index (χ2n) is 2.06. The fourth-order valence-corrected chi connectivity index (χ4v) is 0. The summed E-state index contributed by atoms with van der Waals surface area (Å²) in [5, 5.41) is 27.4. The Bertz CT molecular complexity index is 267. The standard InChI is InChI=1S/3C3H4O2.C3H5.Sn/c3*1-2-3(4)5;1-3-2;/h3*2H,1H2,(H,4,5);3H,1-2H2;/q;;;;+3/p-3. The fourth-order valence-electron chi connectivity index (χ4n) is 0. The number of carboxylic acid groups (broad SMARTS) is 3. The number of rotatable bonds is 4. The van der Waals surface area contributed by atoms with Gasteiger partial charge in [-0.3, -0.25) is 0 Å². The zero-order chi connectivity index (χ0) is 16.3. The molecule has 0 amide bonds. The minimum absolute atomic E-state index is 0.722. The van der Waals surface area contributed by atoms with Gasteiger partial charge in [-0.15, -0.1) is 0 Å². The first-order chi connectivity index (χ1) is 8.72. The van der Waals surface area contributed by atoms with Gasteiger partial charge in [-0.1, -0.05) is 19.7 Å². The molecule has 0 saturated carbocycles. The third-order valence-electron chi connectivity index (χ3n) is 0.644. The van der Waals surface area contributed by atoms with Crippen LogP contribution in [0.2, 0.25) is 4.44 Å². The van der Waals surface area contributed by atoms with Gasteiger partial charge in [-0.05, 0) is 18.2 Å². The summed E-state index contributed by atoms with van der Waals surface area (Å²) < 4.78 is 1.17. The molecule has 0 spiro atoms. The van der Waals surface area contributed by atoms with Crippen LogP contribution in [0.3, 0.4) is 0 Å². The van der Waals surface area contributed by atoms with Crippen LogP contribution in [0.15, 0.2) is 50.6 Å². The molecule has 0 unspecified atom stereocenters. The van der Waals surface area contributed by atoms with Gasteiger partial charge in [0.25, 0.3) is 0 Å². The summed E-state index contributed by atoms with van der Waals surface area (Å²) >= 11 is 1.55. The zero-order valence-corrected chi connectivity index (χ0v) is 13.1. The first-order valence-corrected chi connectivity index (χ1v) is 6.50. The second-order valence-corrected chi connectivity index (χ2v) is 3.23. The van der Waals surface area contributed by atoms with Crippen molar-refractivity contribution >= 4 is 40.4 Å². The maximum atomic E-state index is 9.14. The third kappa shape index (κ3) is 121. The van der Waals surface area contributed by atoms with E-state index in [0.717, 1.165) is 18.2 Å². The Labute approximate surface area is 125 Å². The Hall–Kier alpha value is -1.83. The van der Waals surface area contributed by atoms with Crippen LogP contribution in [0, 0.1) is 0 Å². The molecule has 0 radical (unpaired) electrons. The average molecular weight is 373 g/mol. The number of allylic oxidation sites excluding steroid dienone is 1. The van der Waals surface area contributed by atoms with E-state index in [1.807, 2.05) is 6.08 Å². The van der Waals surface area contributed by atoms with Crippen molar-refractivity contribution in [1.29, 1.82) is 0 Å². The third-order valence-corrected chi connectivity index (χ3v) is 1.47. The molecule has 0 aromatic carbocycles. The number of carboxylic acids is 3. The van der Waals surface area contributed by atoms with Gasteiger partial charge in [0.2, 0.25) is 0 Å². The van der Waals surface area contributed by atoms with Crippen LogP contribution in [0.1, 0.15) is 0 Å². The van der Waals surface area contributed by atoms with Crippen molar-refractivity contribution in [1.82, 2.24) is 0 Å². The topological polar surface area (TPSA) is 120 Å². The second kappa shape index (κ2) is 25.1.